The van der Waals surface area contributed by atoms with E-state index >= 15 is 0 Å². The van der Waals surface area contributed by atoms with Gasteiger partial charge >= 0.3 is 18.1 Å². The monoisotopic (exact) mass is 526 g/mol. The number of pyridine rings is 1. The molecule has 0 spiro atoms. The van der Waals surface area contributed by atoms with Crippen molar-refractivity contribution in [3.63, 3.8) is 0 Å². The Morgan fingerprint density at radius 1 is 1.03 bits per heavy atom. The van der Waals surface area contributed by atoms with Crippen LogP contribution in [0.3, 0.4) is 0 Å². The minimum atomic E-state index is -4.60. The molecule has 0 aliphatic rings. The lowest BCUT2D eigenvalue weighted by Gasteiger charge is -2.16. The minimum Gasteiger partial charge on any atom is -0.618 e. The summed E-state index contributed by atoms with van der Waals surface area (Å²) < 4.78 is 47.5. The molecule has 0 aliphatic carbocycles. The zero-order valence-electron chi connectivity index (χ0n) is 20.0. The highest BCUT2D eigenvalue weighted by Gasteiger charge is 2.31. The van der Waals surface area contributed by atoms with Gasteiger partial charge in [-0.25, -0.2) is 9.78 Å². The summed E-state index contributed by atoms with van der Waals surface area (Å²) in [7, 11) is 1.39. The number of urea groups is 1. The molecule has 13 heteroatoms. The molecule has 38 heavy (non-hydrogen) atoms. The molecule has 0 radical (unpaired) electrons. The summed E-state index contributed by atoms with van der Waals surface area (Å²) in [6, 6.07) is 11.0. The third-order valence-corrected chi connectivity index (χ3v) is 5.36. The zero-order valence-corrected chi connectivity index (χ0v) is 20.0. The molecular formula is C25H21F3N6O4. The first-order chi connectivity index (χ1) is 18.0. The highest BCUT2D eigenvalue weighted by molar-refractivity contribution is 6.01. The Bertz CT molecular complexity index is 1490. The van der Waals surface area contributed by atoms with Gasteiger partial charge in [0, 0.05) is 31.2 Å². The number of hydrogen-bond acceptors (Lipinski definition) is 5. The third-order valence-electron chi connectivity index (χ3n) is 5.36. The largest absolute Gasteiger partial charge is 0.618 e. The van der Waals surface area contributed by atoms with Crippen molar-refractivity contribution in [2.75, 3.05) is 17.7 Å². The number of carbonyl (C=O) groups excluding carboxylic acids is 2. The molecule has 0 unspecified atom stereocenters. The molecule has 0 atom stereocenters. The van der Waals surface area contributed by atoms with Crippen LogP contribution in [0.1, 0.15) is 21.9 Å². The van der Waals surface area contributed by atoms with Crippen LogP contribution in [-0.4, -0.2) is 28.5 Å². The first kappa shape index (κ1) is 26.0. The van der Waals surface area contributed by atoms with Crippen molar-refractivity contribution in [2.24, 2.45) is 0 Å². The predicted octanol–water partition coefficient (Wildman–Crippen LogP) is 4.63. The summed E-state index contributed by atoms with van der Waals surface area (Å²) in [5.74, 6) is 0.525. The standard InChI is InChI=1S/C25H21F3N6O4/c1-15-30-10-12-33(15)21-8-3-16(25(26,27)28)13-20(21)32-24(36)31-17-4-6-18(7-5-17)38-19-9-11-34(37)22(14-19)23(35)29-2/h3-14H,1-2H3,(H,29,35)(H2,31,32,36). The van der Waals surface area contributed by atoms with Crippen LogP contribution in [0.2, 0.25) is 0 Å². The average Bonchev–Trinajstić information content (AvgIpc) is 3.30. The van der Waals surface area contributed by atoms with Crippen molar-refractivity contribution < 1.29 is 32.2 Å². The lowest BCUT2D eigenvalue weighted by atomic mass is 10.1. The van der Waals surface area contributed by atoms with Gasteiger partial charge in [0.15, 0.2) is 6.20 Å². The van der Waals surface area contributed by atoms with Gasteiger partial charge in [-0.05, 0) is 49.4 Å². The number of nitrogens with zero attached hydrogens (tertiary/aromatic N) is 3. The maximum atomic E-state index is 13.3. The van der Waals surface area contributed by atoms with Crippen LogP contribution in [-0.2, 0) is 6.18 Å². The lowest BCUT2D eigenvalue weighted by molar-refractivity contribution is -0.607. The Kier molecular flexibility index (Phi) is 7.19. The van der Waals surface area contributed by atoms with Crippen LogP contribution in [0.5, 0.6) is 11.5 Å². The number of hydrogen-bond donors (Lipinski definition) is 3. The molecule has 2 aromatic carbocycles. The lowest BCUT2D eigenvalue weighted by Crippen LogP contribution is -2.37. The van der Waals surface area contributed by atoms with Crippen molar-refractivity contribution in [3.8, 4) is 17.2 Å². The molecular weight excluding hydrogens is 505 g/mol. The first-order valence-electron chi connectivity index (χ1n) is 11.1. The van der Waals surface area contributed by atoms with Gasteiger partial charge in [0.1, 0.15) is 17.3 Å². The Balaban J connectivity index is 1.48. The summed E-state index contributed by atoms with van der Waals surface area (Å²) >= 11 is 0. The highest BCUT2D eigenvalue weighted by Crippen LogP contribution is 2.34. The summed E-state index contributed by atoms with van der Waals surface area (Å²) in [6.07, 6.45) is -0.402. The topological polar surface area (TPSA) is 124 Å². The molecule has 2 heterocycles. The first-order valence-corrected chi connectivity index (χ1v) is 11.1. The number of halogens is 3. The summed E-state index contributed by atoms with van der Waals surface area (Å²) in [5, 5.41) is 19.2. The number of imidazole rings is 1. The smallest absolute Gasteiger partial charge is 0.416 e. The second-order valence-corrected chi connectivity index (χ2v) is 7.93. The van der Waals surface area contributed by atoms with Gasteiger partial charge in [0.05, 0.1) is 23.0 Å². The number of carbonyl (C=O) groups is 2. The Hall–Kier alpha value is -5.07. The molecule has 3 amide bonds. The maximum Gasteiger partial charge on any atom is 0.416 e. The normalized spacial score (nSPS) is 11.1. The number of aryl methyl sites for hydroxylation is 1. The quantitative estimate of drug-likeness (QED) is 0.250. The zero-order chi connectivity index (χ0) is 27.4. The SMILES string of the molecule is CNC(=O)c1cc(Oc2ccc(NC(=O)Nc3cc(C(F)(F)F)ccc3-n3ccnc3C)cc2)cc[n+]1[O-]. The molecule has 3 N–H and O–H groups in total. The van der Waals surface area contributed by atoms with Crippen molar-refractivity contribution >= 4 is 23.3 Å². The van der Waals surface area contributed by atoms with Crippen LogP contribution in [0.15, 0.2) is 73.2 Å². The van der Waals surface area contributed by atoms with Gasteiger partial charge in [0.2, 0.25) is 0 Å². The number of benzene rings is 2. The molecule has 4 rings (SSSR count). The summed E-state index contributed by atoms with van der Waals surface area (Å²) in [4.78, 5) is 28.5. The van der Waals surface area contributed by atoms with E-state index < -0.39 is 23.7 Å². The number of rotatable bonds is 6. The van der Waals surface area contributed by atoms with Crippen LogP contribution < -0.4 is 25.4 Å². The average molecular weight is 526 g/mol. The molecule has 196 valence electrons. The molecule has 0 bridgehead atoms. The van der Waals surface area contributed by atoms with E-state index in [0.29, 0.717) is 27.7 Å². The molecule has 0 saturated carbocycles. The van der Waals surface area contributed by atoms with Crippen LogP contribution >= 0.6 is 0 Å². The fraction of sp³-hybridized carbons (Fsp3) is 0.120. The van der Waals surface area contributed by atoms with Crippen molar-refractivity contribution in [1.82, 2.24) is 14.9 Å². The van der Waals surface area contributed by atoms with E-state index in [2.05, 4.69) is 20.9 Å². The summed E-state index contributed by atoms with van der Waals surface area (Å²) in [5.41, 5.74) is -0.493. The van der Waals surface area contributed by atoms with Gasteiger partial charge in [0.25, 0.3) is 5.69 Å². The molecule has 4 aromatic rings. The van der Waals surface area contributed by atoms with E-state index in [-0.39, 0.29) is 17.1 Å². The van der Waals surface area contributed by atoms with Gasteiger partial charge in [-0.3, -0.25) is 4.79 Å². The number of aromatic nitrogens is 3. The Morgan fingerprint density at radius 2 is 1.76 bits per heavy atom. The van der Waals surface area contributed by atoms with Crippen LogP contribution in [0, 0.1) is 12.1 Å². The minimum absolute atomic E-state index is 0.0648. The second kappa shape index (κ2) is 10.5. The van der Waals surface area contributed by atoms with Crippen molar-refractivity contribution in [3.05, 3.63) is 95.5 Å². The third kappa shape index (κ3) is 5.83. The maximum absolute atomic E-state index is 13.3. The van der Waals surface area contributed by atoms with Gasteiger partial charge in [-0.2, -0.15) is 17.9 Å². The molecule has 0 aliphatic heterocycles. The van der Waals surface area contributed by atoms with Crippen LogP contribution in [0.25, 0.3) is 5.69 Å². The van der Waals surface area contributed by atoms with Crippen molar-refractivity contribution in [1.29, 1.82) is 0 Å². The fourth-order valence-corrected chi connectivity index (χ4v) is 3.51. The van der Waals surface area contributed by atoms with E-state index in [4.69, 9.17) is 4.74 Å². The number of nitrogens with one attached hydrogen (secondary N) is 3. The van der Waals surface area contributed by atoms with Crippen molar-refractivity contribution in [2.45, 2.75) is 13.1 Å². The van der Waals surface area contributed by atoms with E-state index in [9.17, 15) is 28.0 Å². The number of amides is 3. The molecule has 2 aromatic heterocycles. The highest BCUT2D eigenvalue weighted by atomic mass is 19.4. The molecule has 0 fully saturated rings. The number of ether oxygens (including phenoxy) is 1. The fourth-order valence-electron chi connectivity index (χ4n) is 3.51. The number of anilines is 2. The van der Waals surface area contributed by atoms with Crippen LogP contribution in [0.4, 0.5) is 29.3 Å². The van der Waals surface area contributed by atoms with Gasteiger partial charge in [-0.1, -0.05) is 0 Å². The van der Waals surface area contributed by atoms with E-state index in [1.807, 2.05) is 0 Å². The number of alkyl halides is 3. The van der Waals surface area contributed by atoms with Gasteiger partial charge < -0.3 is 30.5 Å². The Morgan fingerprint density at radius 3 is 2.39 bits per heavy atom. The Labute approximate surface area is 214 Å². The predicted molar refractivity (Wildman–Crippen MR) is 131 cm³/mol. The summed E-state index contributed by atoms with van der Waals surface area (Å²) in [6.45, 7) is 1.68. The molecule has 0 saturated heterocycles. The van der Waals surface area contributed by atoms with E-state index in [0.717, 1.165) is 18.3 Å². The van der Waals surface area contributed by atoms with E-state index in [1.165, 1.54) is 55.7 Å². The second-order valence-electron chi connectivity index (χ2n) is 7.93. The molecule has 10 nitrogen and oxygen atoms in total. The van der Waals surface area contributed by atoms with E-state index in [1.54, 1.807) is 17.7 Å². The van der Waals surface area contributed by atoms with Gasteiger partial charge in [-0.15, -0.1) is 0 Å².